The molecule has 0 aliphatic heterocycles. The quantitative estimate of drug-likeness (QED) is 0.479. The molecule has 0 fully saturated rings. The molecule has 7 heteroatoms. The second-order valence-electron chi connectivity index (χ2n) is 7.47. The minimum atomic E-state index is -0.710. The SMILES string of the molecule is COc1ccc(CN(C(=O)COc2ccccc2Cl)C(C)C(=O)NCc2ccccc2)cc1. The maximum absolute atomic E-state index is 13.1. The first-order valence-corrected chi connectivity index (χ1v) is 11.0. The number of ether oxygens (including phenoxy) is 2. The van der Waals surface area contributed by atoms with Crippen LogP contribution >= 0.6 is 11.6 Å². The minimum absolute atomic E-state index is 0.240. The monoisotopic (exact) mass is 466 g/mol. The Morgan fingerprint density at radius 2 is 1.61 bits per heavy atom. The van der Waals surface area contributed by atoms with Crippen molar-refractivity contribution >= 4 is 23.4 Å². The fraction of sp³-hybridized carbons (Fsp3) is 0.231. The van der Waals surface area contributed by atoms with Gasteiger partial charge in [0.15, 0.2) is 6.61 Å². The van der Waals surface area contributed by atoms with Gasteiger partial charge in [-0.05, 0) is 42.3 Å². The Kier molecular flexibility index (Phi) is 8.72. The number of hydrogen-bond donors (Lipinski definition) is 1. The molecule has 172 valence electrons. The van der Waals surface area contributed by atoms with Gasteiger partial charge < -0.3 is 19.7 Å². The van der Waals surface area contributed by atoms with E-state index < -0.39 is 6.04 Å². The van der Waals surface area contributed by atoms with Crippen molar-refractivity contribution < 1.29 is 19.1 Å². The molecule has 1 atom stereocenters. The number of para-hydroxylation sites is 1. The number of halogens is 1. The molecule has 2 amide bonds. The van der Waals surface area contributed by atoms with Crippen molar-refractivity contribution in [3.63, 3.8) is 0 Å². The lowest BCUT2D eigenvalue weighted by Crippen LogP contribution is -2.48. The Bertz CT molecular complexity index is 1060. The first kappa shape index (κ1) is 24.1. The van der Waals surface area contributed by atoms with Crippen LogP contribution in [0.1, 0.15) is 18.1 Å². The summed E-state index contributed by atoms with van der Waals surface area (Å²) in [5, 5.41) is 3.32. The third-order valence-electron chi connectivity index (χ3n) is 5.18. The zero-order chi connectivity index (χ0) is 23.6. The Morgan fingerprint density at radius 3 is 2.27 bits per heavy atom. The van der Waals surface area contributed by atoms with Crippen LogP contribution in [0.15, 0.2) is 78.9 Å². The molecular formula is C26H27ClN2O4. The Morgan fingerprint density at radius 1 is 0.939 bits per heavy atom. The Hall–Kier alpha value is -3.51. The van der Waals surface area contributed by atoms with Gasteiger partial charge in [0.2, 0.25) is 5.91 Å². The zero-order valence-electron chi connectivity index (χ0n) is 18.7. The molecule has 33 heavy (non-hydrogen) atoms. The van der Waals surface area contributed by atoms with E-state index in [1.807, 2.05) is 54.6 Å². The molecular weight excluding hydrogens is 440 g/mol. The lowest BCUT2D eigenvalue weighted by Gasteiger charge is -2.29. The van der Waals surface area contributed by atoms with Gasteiger partial charge >= 0.3 is 0 Å². The number of amides is 2. The predicted molar refractivity (Wildman–Crippen MR) is 128 cm³/mol. The molecule has 0 aromatic heterocycles. The summed E-state index contributed by atoms with van der Waals surface area (Å²) in [5.74, 6) is 0.553. The number of hydrogen-bond acceptors (Lipinski definition) is 4. The maximum Gasteiger partial charge on any atom is 0.261 e. The van der Waals surface area contributed by atoms with Gasteiger partial charge in [0.25, 0.3) is 5.91 Å². The highest BCUT2D eigenvalue weighted by atomic mass is 35.5. The molecule has 0 radical (unpaired) electrons. The summed E-state index contributed by atoms with van der Waals surface area (Å²) in [6.45, 7) is 2.09. The number of carbonyl (C=O) groups excluding carboxylic acids is 2. The zero-order valence-corrected chi connectivity index (χ0v) is 19.4. The number of nitrogens with zero attached hydrogens (tertiary/aromatic N) is 1. The maximum atomic E-state index is 13.1. The first-order valence-electron chi connectivity index (χ1n) is 10.6. The van der Waals surface area contributed by atoms with E-state index in [-0.39, 0.29) is 25.0 Å². The number of methoxy groups -OCH3 is 1. The molecule has 1 N–H and O–H groups in total. The van der Waals surface area contributed by atoms with Gasteiger partial charge in [-0.3, -0.25) is 9.59 Å². The van der Waals surface area contributed by atoms with Gasteiger partial charge in [0.1, 0.15) is 17.5 Å². The number of benzene rings is 3. The molecule has 3 aromatic rings. The summed E-state index contributed by atoms with van der Waals surface area (Å²) in [4.78, 5) is 27.5. The van der Waals surface area contributed by atoms with E-state index in [4.69, 9.17) is 21.1 Å². The van der Waals surface area contributed by atoms with Gasteiger partial charge in [-0.2, -0.15) is 0 Å². The second kappa shape index (κ2) is 11.9. The summed E-state index contributed by atoms with van der Waals surface area (Å²) in [7, 11) is 1.59. The summed E-state index contributed by atoms with van der Waals surface area (Å²) in [6, 6.07) is 23.2. The van der Waals surface area contributed by atoms with Crippen LogP contribution in [0.2, 0.25) is 5.02 Å². The van der Waals surface area contributed by atoms with Crippen molar-refractivity contribution in [3.05, 3.63) is 95.0 Å². The fourth-order valence-electron chi connectivity index (χ4n) is 3.23. The largest absolute Gasteiger partial charge is 0.497 e. The van der Waals surface area contributed by atoms with Crippen molar-refractivity contribution in [1.82, 2.24) is 10.2 Å². The van der Waals surface area contributed by atoms with Crippen LogP contribution < -0.4 is 14.8 Å². The van der Waals surface area contributed by atoms with Gasteiger partial charge in [-0.1, -0.05) is 66.2 Å². The van der Waals surface area contributed by atoms with Crippen LogP contribution in [0.3, 0.4) is 0 Å². The van der Waals surface area contributed by atoms with Gasteiger partial charge in [-0.15, -0.1) is 0 Å². The molecule has 3 aromatic carbocycles. The topological polar surface area (TPSA) is 67.9 Å². The molecule has 0 heterocycles. The third-order valence-corrected chi connectivity index (χ3v) is 5.49. The van der Waals surface area contributed by atoms with E-state index in [0.717, 1.165) is 11.1 Å². The fourth-order valence-corrected chi connectivity index (χ4v) is 3.42. The standard InChI is InChI=1S/C26H27ClN2O4/c1-19(26(31)28-16-20-8-4-3-5-9-20)29(17-21-12-14-22(32-2)15-13-21)25(30)18-33-24-11-7-6-10-23(24)27/h3-15,19H,16-18H2,1-2H3,(H,28,31). The number of nitrogens with one attached hydrogen (secondary N) is 1. The van der Waals surface area contributed by atoms with Crippen LogP contribution in [-0.4, -0.2) is 36.5 Å². The van der Waals surface area contributed by atoms with Gasteiger partial charge in [0.05, 0.1) is 12.1 Å². The molecule has 0 aliphatic carbocycles. The summed E-state index contributed by atoms with van der Waals surface area (Å²) < 4.78 is 10.8. The van der Waals surface area contributed by atoms with Crippen LogP contribution in [0.25, 0.3) is 0 Å². The highest BCUT2D eigenvalue weighted by molar-refractivity contribution is 6.32. The molecule has 0 saturated heterocycles. The molecule has 0 saturated carbocycles. The number of carbonyl (C=O) groups is 2. The first-order chi connectivity index (χ1) is 16.0. The van der Waals surface area contributed by atoms with Crippen molar-refractivity contribution in [2.24, 2.45) is 0 Å². The normalized spacial score (nSPS) is 11.4. The smallest absolute Gasteiger partial charge is 0.261 e. The minimum Gasteiger partial charge on any atom is -0.497 e. The summed E-state index contributed by atoms with van der Waals surface area (Å²) >= 11 is 6.13. The van der Waals surface area contributed by atoms with Crippen LogP contribution in [0.5, 0.6) is 11.5 Å². The molecule has 6 nitrogen and oxygen atoms in total. The summed E-state index contributed by atoms with van der Waals surface area (Å²) in [6.07, 6.45) is 0. The number of rotatable bonds is 10. The molecule has 0 aliphatic rings. The highest BCUT2D eigenvalue weighted by Gasteiger charge is 2.26. The van der Waals surface area contributed by atoms with E-state index in [1.165, 1.54) is 4.90 Å². The van der Waals surface area contributed by atoms with Gasteiger partial charge in [0, 0.05) is 13.1 Å². The molecule has 3 rings (SSSR count). The van der Waals surface area contributed by atoms with Crippen LogP contribution in [0, 0.1) is 0 Å². The van der Waals surface area contributed by atoms with Crippen LogP contribution in [-0.2, 0) is 22.7 Å². The highest BCUT2D eigenvalue weighted by Crippen LogP contribution is 2.23. The van der Waals surface area contributed by atoms with Crippen LogP contribution in [0.4, 0.5) is 0 Å². The predicted octanol–water partition coefficient (Wildman–Crippen LogP) is 4.46. The second-order valence-corrected chi connectivity index (χ2v) is 7.88. The van der Waals surface area contributed by atoms with Crippen molar-refractivity contribution in [1.29, 1.82) is 0 Å². The van der Waals surface area contributed by atoms with E-state index >= 15 is 0 Å². The van der Waals surface area contributed by atoms with Crippen molar-refractivity contribution in [2.75, 3.05) is 13.7 Å². The molecule has 0 spiro atoms. The van der Waals surface area contributed by atoms with Gasteiger partial charge in [-0.25, -0.2) is 0 Å². The van der Waals surface area contributed by atoms with Crippen molar-refractivity contribution in [3.8, 4) is 11.5 Å². The van der Waals surface area contributed by atoms with E-state index in [0.29, 0.717) is 23.1 Å². The van der Waals surface area contributed by atoms with E-state index in [1.54, 1.807) is 38.3 Å². The van der Waals surface area contributed by atoms with Crippen molar-refractivity contribution in [2.45, 2.75) is 26.1 Å². The average molecular weight is 467 g/mol. The lowest BCUT2D eigenvalue weighted by atomic mass is 10.1. The molecule has 1 unspecified atom stereocenters. The molecule has 0 bridgehead atoms. The lowest BCUT2D eigenvalue weighted by molar-refractivity contribution is -0.142. The Labute approximate surface area is 199 Å². The van der Waals surface area contributed by atoms with E-state index in [2.05, 4.69) is 5.32 Å². The average Bonchev–Trinajstić information content (AvgIpc) is 2.85. The Balaban J connectivity index is 1.71. The van der Waals surface area contributed by atoms with E-state index in [9.17, 15) is 9.59 Å². The summed E-state index contributed by atoms with van der Waals surface area (Å²) in [5.41, 5.74) is 1.85. The third kappa shape index (κ3) is 6.99.